The molecule has 7 nitrogen and oxygen atoms in total. The third-order valence-electron chi connectivity index (χ3n) is 4.20. The van der Waals surface area contributed by atoms with Crippen molar-refractivity contribution in [3.8, 4) is 23.1 Å². The van der Waals surface area contributed by atoms with Crippen molar-refractivity contribution < 1.29 is 4.79 Å². The molecule has 28 heavy (non-hydrogen) atoms. The minimum absolute atomic E-state index is 0.263. The molecule has 0 bridgehead atoms. The third kappa shape index (κ3) is 3.10. The highest BCUT2D eigenvalue weighted by molar-refractivity contribution is 5.87. The maximum absolute atomic E-state index is 10.8. The summed E-state index contributed by atoms with van der Waals surface area (Å²) < 4.78 is 1.66. The zero-order valence-electron chi connectivity index (χ0n) is 14.6. The van der Waals surface area contributed by atoms with Crippen LogP contribution in [0, 0.1) is 17.3 Å². The highest BCUT2D eigenvalue weighted by Gasteiger charge is 2.07. The lowest BCUT2D eigenvalue weighted by Gasteiger charge is -2.03. The van der Waals surface area contributed by atoms with Crippen LogP contribution in [0.3, 0.4) is 0 Å². The molecule has 0 aliphatic heterocycles. The maximum Gasteiger partial charge on any atom is 0.154 e. The predicted octanol–water partition coefficient (Wildman–Crippen LogP) is 2.58. The number of carbonyl (C=O) groups excluding carboxylic acids is 1. The van der Waals surface area contributed by atoms with Gasteiger partial charge in [-0.3, -0.25) is 4.79 Å². The number of benzene rings is 1. The maximum atomic E-state index is 10.8. The smallest absolute Gasteiger partial charge is 0.154 e. The molecule has 0 radical (unpaired) electrons. The Morgan fingerprint density at radius 1 is 1.04 bits per heavy atom. The normalized spacial score (nSPS) is 10.3. The van der Waals surface area contributed by atoms with Crippen LogP contribution in [0.5, 0.6) is 0 Å². The van der Waals surface area contributed by atoms with Gasteiger partial charge in [-0.1, -0.05) is 30.2 Å². The predicted molar refractivity (Wildman–Crippen MR) is 106 cm³/mol. The number of nitrogen functional groups attached to an aromatic ring is 1. The Morgan fingerprint density at radius 2 is 1.86 bits per heavy atom. The molecule has 0 spiro atoms. The molecule has 0 aliphatic rings. The number of anilines is 1. The van der Waals surface area contributed by atoms with E-state index in [1.807, 2.05) is 24.3 Å². The van der Waals surface area contributed by atoms with Gasteiger partial charge in [0.1, 0.15) is 17.8 Å². The second-order valence-corrected chi connectivity index (χ2v) is 5.92. The third-order valence-corrected chi connectivity index (χ3v) is 4.20. The average Bonchev–Trinajstić information content (AvgIpc) is 3.14. The van der Waals surface area contributed by atoms with E-state index in [4.69, 9.17) is 11.1 Å². The SMILES string of the molecule is N=Cc1c(C#Cc2cnc3ccc(-c4ccc(C=O)cc4)nn23)ccnc1N. The molecule has 3 N–H and O–H groups in total. The molecule has 0 aliphatic carbocycles. The summed E-state index contributed by atoms with van der Waals surface area (Å²) in [6.45, 7) is 0. The number of carbonyl (C=O) groups is 1. The number of aromatic nitrogens is 4. The molecule has 4 rings (SSSR count). The summed E-state index contributed by atoms with van der Waals surface area (Å²) in [4.78, 5) is 19.1. The van der Waals surface area contributed by atoms with Gasteiger partial charge in [0.05, 0.1) is 11.9 Å². The van der Waals surface area contributed by atoms with Crippen molar-refractivity contribution in [2.45, 2.75) is 0 Å². The van der Waals surface area contributed by atoms with Gasteiger partial charge in [-0.05, 0) is 24.1 Å². The lowest BCUT2D eigenvalue weighted by Crippen LogP contribution is -1.99. The topological polar surface area (TPSA) is 110 Å². The molecular formula is C21H14N6O. The van der Waals surface area contributed by atoms with E-state index in [2.05, 4.69) is 26.9 Å². The van der Waals surface area contributed by atoms with Gasteiger partial charge in [-0.2, -0.15) is 5.10 Å². The Bertz CT molecular complexity index is 1260. The molecule has 134 valence electrons. The largest absolute Gasteiger partial charge is 0.383 e. The second-order valence-electron chi connectivity index (χ2n) is 5.92. The monoisotopic (exact) mass is 366 g/mol. The first-order valence-corrected chi connectivity index (χ1v) is 8.37. The minimum atomic E-state index is 0.263. The molecular weight excluding hydrogens is 352 g/mol. The van der Waals surface area contributed by atoms with Crippen molar-refractivity contribution in [2.75, 3.05) is 5.73 Å². The first kappa shape index (κ1) is 17.1. The Kier molecular flexibility index (Phi) is 4.36. The Hall–Kier alpha value is -4.31. The fraction of sp³-hybridized carbons (Fsp3) is 0. The van der Waals surface area contributed by atoms with Gasteiger partial charge in [-0.15, -0.1) is 0 Å². The van der Waals surface area contributed by atoms with E-state index in [9.17, 15) is 4.79 Å². The number of nitrogens with one attached hydrogen (secondary N) is 1. The number of pyridine rings is 1. The van der Waals surface area contributed by atoms with E-state index in [1.54, 1.807) is 35.1 Å². The van der Waals surface area contributed by atoms with Crippen molar-refractivity contribution in [3.05, 3.63) is 77.2 Å². The van der Waals surface area contributed by atoms with E-state index in [0.29, 0.717) is 28.0 Å². The van der Waals surface area contributed by atoms with Gasteiger partial charge >= 0.3 is 0 Å². The van der Waals surface area contributed by atoms with Crippen LogP contribution in [0.2, 0.25) is 0 Å². The number of fused-ring (bicyclic) bond motifs is 1. The number of hydrogen-bond acceptors (Lipinski definition) is 6. The van der Waals surface area contributed by atoms with Crippen molar-refractivity contribution in [1.82, 2.24) is 19.6 Å². The number of imidazole rings is 1. The summed E-state index contributed by atoms with van der Waals surface area (Å²) in [6.07, 6.45) is 5.14. The van der Waals surface area contributed by atoms with Gasteiger partial charge in [-0.25, -0.2) is 14.5 Å². The summed E-state index contributed by atoms with van der Waals surface area (Å²) >= 11 is 0. The van der Waals surface area contributed by atoms with Crippen molar-refractivity contribution in [3.63, 3.8) is 0 Å². The Labute approximate surface area is 160 Å². The van der Waals surface area contributed by atoms with Crippen molar-refractivity contribution in [1.29, 1.82) is 5.41 Å². The van der Waals surface area contributed by atoms with Crippen molar-refractivity contribution in [2.24, 2.45) is 0 Å². The fourth-order valence-electron chi connectivity index (χ4n) is 2.73. The summed E-state index contributed by atoms with van der Waals surface area (Å²) in [6, 6.07) is 12.6. The van der Waals surface area contributed by atoms with Gasteiger partial charge in [0.25, 0.3) is 0 Å². The quantitative estimate of drug-likeness (QED) is 0.329. The molecule has 3 heterocycles. The first-order chi connectivity index (χ1) is 13.7. The molecule has 0 saturated carbocycles. The van der Waals surface area contributed by atoms with Crippen LogP contribution in [0.4, 0.5) is 5.82 Å². The van der Waals surface area contributed by atoms with Crippen LogP contribution in [-0.4, -0.2) is 32.1 Å². The van der Waals surface area contributed by atoms with Crippen LogP contribution in [0.1, 0.15) is 27.2 Å². The average molecular weight is 366 g/mol. The minimum Gasteiger partial charge on any atom is -0.383 e. The molecule has 4 aromatic rings. The number of rotatable bonds is 3. The molecule has 0 unspecified atom stereocenters. The molecule has 1 aromatic carbocycles. The van der Waals surface area contributed by atoms with E-state index in [1.165, 1.54) is 0 Å². The fourth-order valence-corrected chi connectivity index (χ4v) is 2.73. The van der Waals surface area contributed by atoms with Crippen molar-refractivity contribution >= 4 is 24.0 Å². The summed E-state index contributed by atoms with van der Waals surface area (Å²) in [7, 11) is 0. The van der Waals surface area contributed by atoms with E-state index in [-0.39, 0.29) is 5.82 Å². The first-order valence-electron chi connectivity index (χ1n) is 8.37. The Balaban J connectivity index is 1.76. The van der Waals surface area contributed by atoms with Crippen LogP contribution >= 0.6 is 0 Å². The number of nitrogens with two attached hydrogens (primary N) is 1. The highest BCUT2D eigenvalue weighted by Crippen LogP contribution is 2.18. The van der Waals surface area contributed by atoms with E-state index in [0.717, 1.165) is 23.8 Å². The van der Waals surface area contributed by atoms with Gasteiger partial charge in [0, 0.05) is 34.7 Å². The standard InChI is InChI=1S/C21H14N6O/c22-11-18-15(9-10-24-21(18)23)5-6-17-12-25-20-8-7-19(26-27(17)20)16-3-1-14(13-28)2-4-16/h1-4,7-13,22H,(H2,23,24). The lowest BCUT2D eigenvalue weighted by molar-refractivity contribution is 0.112. The zero-order chi connectivity index (χ0) is 19.5. The summed E-state index contributed by atoms with van der Waals surface area (Å²) in [5.41, 5.74) is 10.4. The summed E-state index contributed by atoms with van der Waals surface area (Å²) in [5.74, 6) is 6.31. The molecule has 0 fully saturated rings. The number of aldehydes is 1. The van der Waals surface area contributed by atoms with Crippen LogP contribution in [-0.2, 0) is 0 Å². The Morgan fingerprint density at radius 3 is 2.61 bits per heavy atom. The number of hydrogen-bond donors (Lipinski definition) is 2. The molecule has 0 atom stereocenters. The second kappa shape index (κ2) is 7.13. The van der Waals surface area contributed by atoms with Crippen LogP contribution in [0.15, 0.2) is 54.9 Å². The lowest BCUT2D eigenvalue weighted by atomic mass is 10.1. The molecule has 3 aromatic heterocycles. The van der Waals surface area contributed by atoms with E-state index < -0.39 is 0 Å². The van der Waals surface area contributed by atoms with Gasteiger partial charge < -0.3 is 11.1 Å². The number of nitrogens with zero attached hydrogens (tertiary/aromatic N) is 4. The summed E-state index contributed by atoms with van der Waals surface area (Å²) in [5, 5.41) is 12.1. The molecule has 0 amide bonds. The van der Waals surface area contributed by atoms with Crippen LogP contribution < -0.4 is 5.73 Å². The van der Waals surface area contributed by atoms with Gasteiger partial charge in [0.15, 0.2) is 5.65 Å². The van der Waals surface area contributed by atoms with E-state index >= 15 is 0 Å². The van der Waals surface area contributed by atoms with Gasteiger partial charge in [0.2, 0.25) is 0 Å². The molecule has 0 saturated heterocycles. The molecule has 7 heteroatoms. The zero-order valence-corrected chi connectivity index (χ0v) is 14.6. The van der Waals surface area contributed by atoms with Crippen LogP contribution in [0.25, 0.3) is 16.9 Å². The highest BCUT2D eigenvalue weighted by atomic mass is 16.1.